The zero-order valence-electron chi connectivity index (χ0n) is 10.9. The van der Waals surface area contributed by atoms with Gasteiger partial charge in [-0.2, -0.15) is 0 Å². The Bertz CT molecular complexity index is 280. The second kappa shape index (κ2) is 8.39. The Labute approximate surface area is 114 Å². The average molecular weight is 274 g/mol. The van der Waals surface area contributed by atoms with Gasteiger partial charge in [0.05, 0.1) is 24.1 Å². The van der Waals surface area contributed by atoms with Crippen molar-refractivity contribution in [1.29, 1.82) is 0 Å². The molecule has 1 unspecified atom stereocenters. The number of ether oxygens (including phenoxy) is 2. The maximum absolute atomic E-state index is 12.1. The van der Waals surface area contributed by atoms with E-state index < -0.39 is 0 Å². The lowest BCUT2D eigenvalue weighted by atomic mass is 10.1. The highest BCUT2D eigenvalue weighted by Gasteiger charge is 2.22. The van der Waals surface area contributed by atoms with Crippen LogP contribution in [0.4, 0.5) is 0 Å². The third-order valence-electron chi connectivity index (χ3n) is 2.97. The van der Waals surface area contributed by atoms with Gasteiger partial charge in [0, 0.05) is 33.2 Å². The van der Waals surface area contributed by atoms with Crippen molar-refractivity contribution in [3.05, 3.63) is 0 Å². The molecule has 0 aliphatic carbocycles. The highest BCUT2D eigenvalue weighted by molar-refractivity contribution is 7.80. The largest absolute Gasteiger partial charge is 0.393 e. The first-order valence-corrected chi connectivity index (χ1v) is 6.71. The summed E-state index contributed by atoms with van der Waals surface area (Å²) in [4.78, 5) is 14.3. The molecule has 1 fully saturated rings. The SMILES string of the molecule is COCCN(CCC(N)=S)C(=O)CC1CCCO1. The molecule has 1 saturated heterocycles. The zero-order valence-corrected chi connectivity index (χ0v) is 11.7. The van der Waals surface area contributed by atoms with Crippen molar-refractivity contribution in [2.45, 2.75) is 31.8 Å². The Kier molecular flexibility index (Phi) is 7.15. The number of thiocarbonyl (C=S) groups is 1. The van der Waals surface area contributed by atoms with E-state index in [2.05, 4.69) is 0 Å². The third kappa shape index (κ3) is 5.75. The Morgan fingerprint density at radius 1 is 1.56 bits per heavy atom. The molecule has 0 aromatic heterocycles. The summed E-state index contributed by atoms with van der Waals surface area (Å²) >= 11 is 4.84. The molecule has 2 N–H and O–H groups in total. The van der Waals surface area contributed by atoms with Crippen LogP contribution in [0.15, 0.2) is 0 Å². The van der Waals surface area contributed by atoms with Crippen LogP contribution in [-0.4, -0.2) is 55.3 Å². The van der Waals surface area contributed by atoms with Crippen LogP contribution in [0.3, 0.4) is 0 Å². The van der Waals surface area contributed by atoms with E-state index in [4.69, 9.17) is 27.4 Å². The molecule has 1 amide bonds. The average Bonchev–Trinajstić information content (AvgIpc) is 2.81. The molecule has 0 saturated carbocycles. The Morgan fingerprint density at radius 3 is 2.89 bits per heavy atom. The maximum Gasteiger partial charge on any atom is 0.225 e. The van der Waals surface area contributed by atoms with Crippen LogP contribution in [0.1, 0.15) is 25.7 Å². The lowest BCUT2D eigenvalue weighted by Gasteiger charge is -2.23. The number of amides is 1. The quantitative estimate of drug-likeness (QED) is 0.660. The van der Waals surface area contributed by atoms with Crippen LogP contribution in [0.25, 0.3) is 0 Å². The Balaban J connectivity index is 2.40. The fraction of sp³-hybridized carbons (Fsp3) is 0.833. The lowest BCUT2D eigenvalue weighted by Crippen LogP contribution is -2.37. The maximum atomic E-state index is 12.1. The highest BCUT2D eigenvalue weighted by atomic mass is 32.1. The number of hydrogen-bond acceptors (Lipinski definition) is 4. The summed E-state index contributed by atoms with van der Waals surface area (Å²) in [5, 5.41) is 0. The number of carbonyl (C=O) groups excluding carboxylic acids is 1. The Hall–Kier alpha value is -0.720. The first-order chi connectivity index (χ1) is 8.63. The molecule has 104 valence electrons. The van der Waals surface area contributed by atoms with Gasteiger partial charge in [-0.05, 0) is 12.8 Å². The van der Waals surface area contributed by atoms with Crippen molar-refractivity contribution in [1.82, 2.24) is 4.90 Å². The number of carbonyl (C=O) groups is 1. The third-order valence-corrected chi connectivity index (χ3v) is 3.18. The van der Waals surface area contributed by atoms with Gasteiger partial charge in [-0.15, -0.1) is 0 Å². The standard InChI is InChI=1S/C12H22N2O3S/c1-16-8-6-14(5-4-11(13)18)12(15)9-10-3-2-7-17-10/h10H,2-9H2,1H3,(H2,13,18). The molecule has 6 heteroatoms. The number of methoxy groups -OCH3 is 1. The van der Waals surface area contributed by atoms with Gasteiger partial charge in [0.15, 0.2) is 0 Å². The number of nitrogens with two attached hydrogens (primary N) is 1. The molecule has 0 aromatic rings. The van der Waals surface area contributed by atoms with Gasteiger partial charge < -0.3 is 20.1 Å². The molecule has 0 radical (unpaired) electrons. The van der Waals surface area contributed by atoms with Gasteiger partial charge >= 0.3 is 0 Å². The first kappa shape index (κ1) is 15.3. The van der Waals surface area contributed by atoms with E-state index in [9.17, 15) is 4.79 Å². The van der Waals surface area contributed by atoms with Crippen molar-refractivity contribution in [3.8, 4) is 0 Å². The van der Waals surface area contributed by atoms with Crippen LogP contribution in [-0.2, 0) is 14.3 Å². The summed E-state index contributed by atoms with van der Waals surface area (Å²) in [6, 6.07) is 0. The van der Waals surface area contributed by atoms with Crippen molar-refractivity contribution in [3.63, 3.8) is 0 Å². The molecule has 0 aromatic carbocycles. The second-order valence-corrected chi connectivity index (χ2v) is 4.95. The molecule has 1 aliphatic heterocycles. The summed E-state index contributed by atoms with van der Waals surface area (Å²) in [6.45, 7) is 2.42. The molecular weight excluding hydrogens is 252 g/mol. The number of rotatable bonds is 8. The molecule has 5 nitrogen and oxygen atoms in total. The van der Waals surface area contributed by atoms with E-state index >= 15 is 0 Å². The first-order valence-electron chi connectivity index (χ1n) is 6.30. The summed E-state index contributed by atoms with van der Waals surface area (Å²) in [5.74, 6) is 0.0928. The molecule has 18 heavy (non-hydrogen) atoms. The number of nitrogens with zero attached hydrogens (tertiary/aromatic N) is 1. The van der Waals surface area contributed by atoms with Crippen molar-refractivity contribution in [2.24, 2.45) is 5.73 Å². The molecule has 1 aliphatic rings. The molecule has 0 spiro atoms. The van der Waals surface area contributed by atoms with E-state index in [0.29, 0.717) is 37.5 Å². The smallest absolute Gasteiger partial charge is 0.225 e. The van der Waals surface area contributed by atoms with E-state index in [0.717, 1.165) is 19.4 Å². The van der Waals surface area contributed by atoms with Gasteiger partial charge in [-0.1, -0.05) is 12.2 Å². The van der Waals surface area contributed by atoms with Crippen molar-refractivity contribution in [2.75, 3.05) is 33.4 Å². The zero-order chi connectivity index (χ0) is 13.4. The van der Waals surface area contributed by atoms with E-state index in [1.807, 2.05) is 0 Å². The van der Waals surface area contributed by atoms with Gasteiger partial charge in [0.25, 0.3) is 0 Å². The predicted molar refractivity (Wildman–Crippen MR) is 73.4 cm³/mol. The topological polar surface area (TPSA) is 64.8 Å². The van der Waals surface area contributed by atoms with Crippen molar-refractivity contribution >= 4 is 23.1 Å². The van der Waals surface area contributed by atoms with Crippen molar-refractivity contribution < 1.29 is 14.3 Å². The minimum absolute atomic E-state index is 0.0763. The van der Waals surface area contributed by atoms with Crippen LogP contribution >= 0.6 is 12.2 Å². The minimum Gasteiger partial charge on any atom is -0.393 e. The summed E-state index contributed by atoms with van der Waals surface area (Å²) in [7, 11) is 1.62. The van der Waals surface area contributed by atoms with Crippen LogP contribution in [0, 0.1) is 0 Å². The van der Waals surface area contributed by atoms with E-state index in [1.54, 1.807) is 12.0 Å². The molecule has 0 bridgehead atoms. The van der Waals surface area contributed by atoms with Crippen LogP contribution in [0.5, 0.6) is 0 Å². The molecule has 1 atom stereocenters. The van der Waals surface area contributed by atoms with Gasteiger partial charge in [0.2, 0.25) is 5.91 Å². The predicted octanol–water partition coefficient (Wildman–Crippen LogP) is 0.707. The fourth-order valence-electron chi connectivity index (χ4n) is 1.94. The summed E-state index contributed by atoms with van der Waals surface area (Å²) in [6.07, 6.45) is 3.09. The Morgan fingerprint density at radius 2 is 2.33 bits per heavy atom. The summed E-state index contributed by atoms with van der Waals surface area (Å²) in [5.41, 5.74) is 5.47. The molecular formula is C12H22N2O3S. The lowest BCUT2D eigenvalue weighted by molar-refractivity contribution is -0.134. The monoisotopic (exact) mass is 274 g/mol. The molecule has 1 rings (SSSR count). The van der Waals surface area contributed by atoms with E-state index in [1.165, 1.54) is 0 Å². The van der Waals surface area contributed by atoms with Crippen LogP contribution in [0.2, 0.25) is 0 Å². The van der Waals surface area contributed by atoms with Gasteiger partial charge in [-0.3, -0.25) is 4.79 Å². The second-order valence-electron chi connectivity index (χ2n) is 4.43. The summed E-state index contributed by atoms with van der Waals surface area (Å²) < 4.78 is 10.5. The van der Waals surface area contributed by atoms with Gasteiger partial charge in [0.1, 0.15) is 0 Å². The van der Waals surface area contributed by atoms with Gasteiger partial charge in [-0.25, -0.2) is 0 Å². The highest BCUT2D eigenvalue weighted by Crippen LogP contribution is 2.16. The van der Waals surface area contributed by atoms with Crippen LogP contribution < -0.4 is 5.73 Å². The normalized spacial score (nSPS) is 18.8. The minimum atomic E-state index is 0.0763. The molecule has 1 heterocycles. The fourth-order valence-corrected chi connectivity index (χ4v) is 2.03. The number of hydrogen-bond donors (Lipinski definition) is 1. The van der Waals surface area contributed by atoms with E-state index in [-0.39, 0.29) is 12.0 Å².